The standard InChI is InChI=1S/C9H9ClO.Cl2O2S/c1-2-9(11)7-5-3-4-6-8(7)10;1-5(2,3)4/h3-6H,2H2,1H3;. The van der Waals surface area contributed by atoms with Crippen molar-refractivity contribution >= 4 is 47.0 Å². The van der Waals surface area contributed by atoms with Gasteiger partial charge in [0, 0.05) is 33.3 Å². The average molecular weight is 304 g/mol. The number of hydrogen-bond donors (Lipinski definition) is 0. The molecule has 7 heteroatoms. The molecule has 16 heavy (non-hydrogen) atoms. The molecule has 1 aromatic carbocycles. The van der Waals surface area contributed by atoms with Gasteiger partial charge in [-0.15, -0.1) is 0 Å². The van der Waals surface area contributed by atoms with E-state index in [0.29, 0.717) is 17.0 Å². The summed E-state index contributed by atoms with van der Waals surface area (Å²) in [6.45, 7) is 1.83. The third-order valence-electron chi connectivity index (χ3n) is 1.50. The Bertz CT molecular complexity index is 449. The number of halogens is 3. The van der Waals surface area contributed by atoms with Crippen molar-refractivity contribution in [2.45, 2.75) is 13.3 Å². The van der Waals surface area contributed by atoms with Gasteiger partial charge in [-0.3, -0.25) is 4.79 Å². The van der Waals surface area contributed by atoms with Crippen molar-refractivity contribution in [2.75, 3.05) is 0 Å². The van der Waals surface area contributed by atoms with Crippen molar-refractivity contribution in [2.24, 2.45) is 0 Å². The maximum Gasteiger partial charge on any atom is 0.317 e. The molecule has 0 saturated heterocycles. The van der Waals surface area contributed by atoms with Gasteiger partial charge in [0.1, 0.15) is 0 Å². The van der Waals surface area contributed by atoms with Crippen LogP contribution in [0.5, 0.6) is 0 Å². The van der Waals surface area contributed by atoms with Crippen LogP contribution in [0.1, 0.15) is 23.7 Å². The summed E-state index contributed by atoms with van der Waals surface area (Å²) >= 11 is 5.78. The fraction of sp³-hybridized carbons (Fsp3) is 0.222. The second kappa shape index (κ2) is 7.12. The minimum Gasteiger partial charge on any atom is -0.294 e. The van der Waals surface area contributed by atoms with Crippen LogP contribution in [0.3, 0.4) is 0 Å². The Balaban J connectivity index is 0.000000385. The van der Waals surface area contributed by atoms with Gasteiger partial charge in [-0.2, -0.15) is 8.42 Å². The molecule has 1 rings (SSSR count). The van der Waals surface area contributed by atoms with Crippen LogP contribution in [0.4, 0.5) is 0 Å². The van der Waals surface area contributed by atoms with Crippen molar-refractivity contribution in [3.8, 4) is 0 Å². The van der Waals surface area contributed by atoms with Gasteiger partial charge in [0.25, 0.3) is 0 Å². The molecular weight excluding hydrogens is 295 g/mol. The molecule has 1 aromatic rings. The predicted molar refractivity (Wildman–Crippen MR) is 66.7 cm³/mol. The smallest absolute Gasteiger partial charge is 0.294 e. The highest BCUT2D eigenvalue weighted by Crippen LogP contribution is 2.16. The molecule has 0 heterocycles. The first kappa shape index (κ1) is 15.7. The van der Waals surface area contributed by atoms with E-state index in [1.807, 2.05) is 19.1 Å². The molecule has 0 unspecified atom stereocenters. The first-order valence-corrected chi connectivity index (χ1v) is 7.69. The Morgan fingerprint density at radius 1 is 1.25 bits per heavy atom. The van der Waals surface area contributed by atoms with Gasteiger partial charge in [-0.05, 0) is 12.1 Å². The number of benzene rings is 1. The molecule has 3 nitrogen and oxygen atoms in total. The van der Waals surface area contributed by atoms with E-state index >= 15 is 0 Å². The van der Waals surface area contributed by atoms with Gasteiger partial charge < -0.3 is 0 Å². The van der Waals surface area contributed by atoms with Gasteiger partial charge in [-0.1, -0.05) is 30.7 Å². The van der Waals surface area contributed by atoms with E-state index in [1.54, 1.807) is 12.1 Å². The van der Waals surface area contributed by atoms with Crippen LogP contribution in [0.15, 0.2) is 24.3 Å². The summed E-state index contributed by atoms with van der Waals surface area (Å²) in [6.07, 6.45) is 0.504. The van der Waals surface area contributed by atoms with E-state index in [0.717, 1.165) is 0 Å². The molecule has 0 bridgehead atoms. The lowest BCUT2D eigenvalue weighted by atomic mass is 10.1. The van der Waals surface area contributed by atoms with E-state index in [2.05, 4.69) is 21.4 Å². The lowest BCUT2D eigenvalue weighted by Gasteiger charge is -1.98. The summed E-state index contributed by atoms with van der Waals surface area (Å²) in [6, 6.07) is 7.10. The number of rotatable bonds is 2. The average Bonchev–Trinajstić information content (AvgIpc) is 2.15. The van der Waals surface area contributed by atoms with Crippen LogP contribution in [0.2, 0.25) is 5.02 Å². The maximum atomic E-state index is 11.1. The van der Waals surface area contributed by atoms with Crippen molar-refractivity contribution in [1.82, 2.24) is 0 Å². The summed E-state index contributed by atoms with van der Waals surface area (Å²) in [7, 11) is 4.81. The molecule has 0 fully saturated rings. The van der Waals surface area contributed by atoms with Crippen molar-refractivity contribution < 1.29 is 13.2 Å². The molecule has 0 radical (unpaired) electrons. The quantitative estimate of drug-likeness (QED) is 0.619. The van der Waals surface area contributed by atoms with E-state index < -0.39 is 8.26 Å². The molecule has 90 valence electrons. The number of Topliss-reactive ketones (excluding diaryl/α,β-unsaturated/α-hetero) is 1. The third-order valence-corrected chi connectivity index (χ3v) is 1.82. The topological polar surface area (TPSA) is 51.2 Å². The van der Waals surface area contributed by atoms with Crippen LogP contribution in [-0.4, -0.2) is 14.2 Å². The zero-order valence-corrected chi connectivity index (χ0v) is 11.4. The van der Waals surface area contributed by atoms with Crippen LogP contribution in [0, 0.1) is 0 Å². The first-order chi connectivity index (χ1) is 7.25. The number of ketones is 1. The minimum atomic E-state index is -3.72. The summed E-state index contributed by atoms with van der Waals surface area (Å²) in [5, 5.41) is 0.541. The van der Waals surface area contributed by atoms with E-state index in [-0.39, 0.29) is 5.78 Å². The monoisotopic (exact) mass is 302 g/mol. The van der Waals surface area contributed by atoms with Crippen molar-refractivity contribution in [3.05, 3.63) is 34.9 Å². The van der Waals surface area contributed by atoms with Crippen LogP contribution in [0.25, 0.3) is 0 Å². The summed E-state index contributed by atoms with van der Waals surface area (Å²) in [5.74, 6) is 0.0931. The molecule has 0 aromatic heterocycles. The van der Waals surface area contributed by atoms with Gasteiger partial charge in [0.05, 0.1) is 5.02 Å². The van der Waals surface area contributed by atoms with Crippen molar-refractivity contribution in [1.29, 1.82) is 0 Å². The van der Waals surface area contributed by atoms with E-state index in [4.69, 9.17) is 20.0 Å². The Morgan fingerprint density at radius 2 is 1.69 bits per heavy atom. The molecule has 0 aliphatic rings. The van der Waals surface area contributed by atoms with Crippen LogP contribution in [-0.2, 0) is 8.26 Å². The van der Waals surface area contributed by atoms with Crippen LogP contribution < -0.4 is 0 Å². The Hall–Kier alpha value is -0.290. The van der Waals surface area contributed by atoms with Gasteiger partial charge in [0.2, 0.25) is 0 Å². The Morgan fingerprint density at radius 3 is 2.06 bits per heavy atom. The molecule has 0 aliphatic carbocycles. The highest BCUT2D eigenvalue weighted by molar-refractivity contribution is 8.31. The minimum absolute atomic E-state index is 0.0931. The Labute approximate surface area is 108 Å². The Kier molecular flexibility index (Phi) is 6.99. The molecule has 0 saturated carbocycles. The molecule has 0 spiro atoms. The van der Waals surface area contributed by atoms with E-state index in [9.17, 15) is 4.79 Å². The second-order valence-corrected chi connectivity index (χ2v) is 6.71. The highest BCUT2D eigenvalue weighted by atomic mass is 36.0. The van der Waals surface area contributed by atoms with Gasteiger partial charge in [0.15, 0.2) is 5.78 Å². The van der Waals surface area contributed by atoms with Crippen LogP contribution >= 0.6 is 33.0 Å². The molecule has 0 N–H and O–H groups in total. The second-order valence-electron chi connectivity index (χ2n) is 2.63. The summed E-state index contributed by atoms with van der Waals surface area (Å²) in [4.78, 5) is 11.1. The largest absolute Gasteiger partial charge is 0.317 e. The number of hydrogen-bond acceptors (Lipinski definition) is 3. The van der Waals surface area contributed by atoms with Crippen molar-refractivity contribution in [3.63, 3.8) is 0 Å². The van der Waals surface area contributed by atoms with Gasteiger partial charge in [-0.25, -0.2) is 0 Å². The zero-order valence-electron chi connectivity index (χ0n) is 8.28. The predicted octanol–water partition coefficient (Wildman–Crippen LogP) is 3.64. The summed E-state index contributed by atoms with van der Waals surface area (Å²) < 4.78 is 18.3. The lowest BCUT2D eigenvalue weighted by molar-refractivity contribution is 0.0988. The highest BCUT2D eigenvalue weighted by Gasteiger charge is 2.05. The maximum absolute atomic E-state index is 11.1. The number of carbonyl (C=O) groups is 1. The molecular formula is C9H9Cl3O3S. The third kappa shape index (κ3) is 7.93. The fourth-order valence-electron chi connectivity index (χ4n) is 0.878. The SMILES string of the molecule is CCC(=O)c1ccccc1Cl.O=S(=O)(Cl)Cl. The zero-order chi connectivity index (χ0) is 12.8. The molecule has 0 aliphatic heterocycles. The van der Waals surface area contributed by atoms with Gasteiger partial charge >= 0.3 is 8.26 Å². The normalized spacial score (nSPS) is 10.2. The first-order valence-electron chi connectivity index (χ1n) is 4.17. The molecule has 0 atom stereocenters. The number of carbonyl (C=O) groups excluding carboxylic acids is 1. The lowest BCUT2D eigenvalue weighted by Crippen LogP contribution is -1.96. The fourth-order valence-corrected chi connectivity index (χ4v) is 1.12. The summed E-state index contributed by atoms with van der Waals surface area (Å²) in [5.41, 5.74) is 0.622. The molecule has 0 amide bonds. The van der Waals surface area contributed by atoms with E-state index in [1.165, 1.54) is 0 Å².